The molecule has 4 nitrogen and oxygen atoms in total. The van der Waals surface area contributed by atoms with E-state index in [-0.39, 0.29) is 11.0 Å². The quantitative estimate of drug-likeness (QED) is 0.703. The first-order valence-corrected chi connectivity index (χ1v) is 7.62. The Labute approximate surface area is 103 Å². The number of thiocarbonyl (C=S) groups is 1. The number of rotatable bonds is 7. The Hall–Kier alpha value is -0.200. The van der Waals surface area contributed by atoms with E-state index in [9.17, 15) is 8.42 Å². The number of hydrogen-bond donors (Lipinski definition) is 1. The van der Waals surface area contributed by atoms with Crippen LogP contribution < -0.4 is 5.73 Å². The smallest absolute Gasteiger partial charge is 0.223 e. The van der Waals surface area contributed by atoms with Gasteiger partial charge in [-0.25, -0.2) is 8.42 Å². The van der Waals surface area contributed by atoms with Crippen LogP contribution in [0.25, 0.3) is 0 Å². The molecule has 0 amide bonds. The molecule has 1 aliphatic rings. The highest BCUT2D eigenvalue weighted by Crippen LogP contribution is 2.31. The summed E-state index contributed by atoms with van der Waals surface area (Å²) in [4.78, 5) is 0.0575. The van der Waals surface area contributed by atoms with Crippen LogP contribution in [-0.4, -0.2) is 35.5 Å². The molecule has 0 spiro atoms. The van der Waals surface area contributed by atoms with Gasteiger partial charge in [-0.3, -0.25) is 0 Å². The van der Waals surface area contributed by atoms with Crippen LogP contribution in [0.15, 0.2) is 0 Å². The van der Waals surface area contributed by atoms with Crippen LogP contribution in [0.3, 0.4) is 0 Å². The molecule has 16 heavy (non-hydrogen) atoms. The van der Waals surface area contributed by atoms with E-state index >= 15 is 0 Å². The second-order valence-corrected chi connectivity index (χ2v) is 6.96. The summed E-state index contributed by atoms with van der Waals surface area (Å²) in [6.07, 6.45) is 3.81. The third-order valence-corrected chi connectivity index (χ3v) is 5.65. The van der Waals surface area contributed by atoms with Crippen molar-refractivity contribution < 1.29 is 8.42 Å². The van der Waals surface area contributed by atoms with Crippen LogP contribution in [0.5, 0.6) is 0 Å². The minimum atomic E-state index is -3.34. The molecule has 1 fully saturated rings. The van der Waals surface area contributed by atoms with Crippen LogP contribution in [0, 0.1) is 0 Å². The fourth-order valence-corrected chi connectivity index (χ4v) is 3.62. The Kier molecular flexibility index (Phi) is 4.70. The van der Waals surface area contributed by atoms with Crippen molar-refractivity contribution >= 4 is 27.2 Å². The van der Waals surface area contributed by atoms with E-state index in [1.807, 2.05) is 0 Å². The first kappa shape index (κ1) is 13.9. The molecule has 1 unspecified atom stereocenters. The molecule has 0 aliphatic heterocycles. The number of sulfonamides is 1. The van der Waals surface area contributed by atoms with E-state index in [0.29, 0.717) is 6.54 Å². The number of nitrogens with zero attached hydrogens (tertiary/aromatic N) is 1. The van der Waals surface area contributed by atoms with Gasteiger partial charge in [0.15, 0.2) is 0 Å². The van der Waals surface area contributed by atoms with E-state index in [1.54, 1.807) is 11.2 Å². The zero-order chi connectivity index (χ0) is 12.3. The molecule has 0 bridgehead atoms. The third kappa shape index (κ3) is 3.15. The van der Waals surface area contributed by atoms with Crippen LogP contribution >= 0.6 is 12.2 Å². The lowest BCUT2D eigenvalue weighted by Gasteiger charge is -2.25. The second-order valence-electron chi connectivity index (χ2n) is 4.28. The predicted octanol–water partition coefficient (Wildman–Crippen LogP) is 1.26. The normalized spacial score (nSPS) is 18.7. The highest BCUT2D eigenvalue weighted by Gasteiger charge is 2.40. The third-order valence-electron chi connectivity index (χ3n) is 2.86. The van der Waals surface area contributed by atoms with E-state index in [0.717, 1.165) is 25.7 Å². The molecule has 0 aromatic heterocycles. The van der Waals surface area contributed by atoms with Crippen molar-refractivity contribution in [1.82, 2.24) is 4.31 Å². The molecule has 0 aromatic carbocycles. The summed E-state index contributed by atoms with van der Waals surface area (Å²) in [5, 5.41) is -0.750. The van der Waals surface area contributed by atoms with Gasteiger partial charge >= 0.3 is 0 Å². The largest absolute Gasteiger partial charge is 0.392 e. The molecule has 94 valence electrons. The number of unbranched alkanes of at least 4 members (excludes halogenated alkanes) is 1. The van der Waals surface area contributed by atoms with Gasteiger partial charge in [0.05, 0.1) is 4.99 Å². The van der Waals surface area contributed by atoms with Gasteiger partial charge in [-0.05, 0) is 26.2 Å². The lowest BCUT2D eigenvalue weighted by molar-refractivity contribution is 0.394. The van der Waals surface area contributed by atoms with E-state index in [2.05, 4.69) is 6.92 Å². The zero-order valence-electron chi connectivity index (χ0n) is 9.85. The van der Waals surface area contributed by atoms with Crippen LogP contribution in [0.1, 0.15) is 39.5 Å². The van der Waals surface area contributed by atoms with Crippen LogP contribution in [0.4, 0.5) is 0 Å². The Morgan fingerprint density at radius 3 is 2.50 bits per heavy atom. The second kappa shape index (κ2) is 5.42. The Balaban J connectivity index is 2.79. The molecule has 0 heterocycles. The molecule has 0 saturated heterocycles. The summed E-state index contributed by atoms with van der Waals surface area (Å²) in [6.45, 7) is 4.21. The van der Waals surface area contributed by atoms with E-state index in [1.165, 1.54) is 0 Å². The number of hydrogen-bond acceptors (Lipinski definition) is 3. The van der Waals surface area contributed by atoms with Gasteiger partial charge in [0.2, 0.25) is 10.0 Å². The first-order chi connectivity index (χ1) is 7.41. The maximum absolute atomic E-state index is 12.2. The predicted molar refractivity (Wildman–Crippen MR) is 69.8 cm³/mol. The molecule has 2 N–H and O–H groups in total. The van der Waals surface area contributed by atoms with Gasteiger partial charge in [-0.15, -0.1) is 0 Å². The standard InChI is InChI=1S/C10H20N2O2S2/c1-3-4-7-12(9-5-6-9)16(13,14)8(2)10(11)15/h8-9H,3-7H2,1-2H3,(H2,11,15). The monoisotopic (exact) mass is 264 g/mol. The number of nitrogens with two attached hydrogens (primary N) is 1. The van der Waals surface area contributed by atoms with Crippen molar-refractivity contribution in [2.24, 2.45) is 5.73 Å². The van der Waals surface area contributed by atoms with Gasteiger partial charge in [-0.2, -0.15) is 4.31 Å². The van der Waals surface area contributed by atoms with Crippen molar-refractivity contribution in [2.75, 3.05) is 6.54 Å². The fourth-order valence-electron chi connectivity index (χ4n) is 1.54. The SMILES string of the molecule is CCCCN(C1CC1)S(=O)(=O)C(C)C(N)=S. The maximum Gasteiger partial charge on any atom is 0.223 e. The average Bonchev–Trinajstić information content (AvgIpc) is 3.00. The molecule has 0 aromatic rings. The molecule has 6 heteroatoms. The van der Waals surface area contributed by atoms with Gasteiger partial charge in [0.25, 0.3) is 0 Å². The van der Waals surface area contributed by atoms with Crippen molar-refractivity contribution in [2.45, 2.75) is 50.8 Å². The molecule has 1 rings (SSSR count). The summed E-state index contributed by atoms with van der Waals surface area (Å²) >= 11 is 4.78. The average molecular weight is 264 g/mol. The molecular weight excluding hydrogens is 244 g/mol. The van der Waals surface area contributed by atoms with Crippen LogP contribution in [0.2, 0.25) is 0 Å². The van der Waals surface area contributed by atoms with Crippen molar-refractivity contribution in [3.8, 4) is 0 Å². The zero-order valence-corrected chi connectivity index (χ0v) is 11.5. The first-order valence-electron chi connectivity index (χ1n) is 5.71. The van der Waals surface area contributed by atoms with Gasteiger partial charge in [0.1, 0.15) is 5.25 Å². The minimum absolute atomic E-state index is 0.0575. The Morgan fingerprint density at radius 2 is 2.12 bits per heavy atom. The lowest BCUT2D eigenvalue weighted by Crippen LogP contribution is -2.44. The van der Waals surface area contributed by atoms with E-state index in [4.69, 9.17) is 18.0 Å². The van der Waals surface area contributed by atoms with Gasteiger partial charge in [-0.1, -0.05) is 25.6 Å². The Morgan fingerprint density at radius 1 is 1.56 bits per heavy atom. The Bertz CT molecular complexity index is 350. The van der Waals surface area contributed by atoms with E-state index < -0.39 is 15.3 Å². The van der Waals surface area contributed by atoms with Gasteiger partial charge < -0.3 is 5.73 Å². The highest BCUT2D eigenvalue weighted by molar-refractivity contribution is 7.92. The summed E-state index contributed by atoms with van der Waals surface area (Å²) in [7, 11) is -3.34. The molecule has 0 radical (unpaired) electrons. The fraction of sp³-hybridized carbons (Fsp3) is 0.900. The molecule has 1 saturated carbocycles. The topological polar surface area (TPSA) is 63.4 Å². The summed E-state index contributed by atoms with van der Waals surface area (Å²) in [5.41, 5.74) is 5.43. The lowest BCUT2D eigenvalue weighted by atomic mass is 10.3. The molecule has 1 aliphatic carbocycles. The van der Waals surface area contributed by atoms with Crippen LogP contribution in [-0.2, 0) is 10.0 Å². The molecule has 1 atom stereocenters. The van der Waals surface area contributed by atoms with Crippen molar-refractivity contribution in [1.29, 1.82) is 0 Å². The van der Waals surface area contributed by atoms with Crippen molar-refractivity contribution in [3.63, 3.8) is 0 Å². The minimum Gasteiger partial charge on any atom is -0.392 e. The van der Waals surface area contributed by atoms with Crippen molar-refractivity contribution in [3.05, 3.63) is 0 Å². The maximum atomic E-state index is 12.2. The van der Waals surface area contributed by atoms with Gasteiger partial charge in [0, 0.05) is 12.6 Å². The molecular formula is C10H20N2O2S2. The summed E-state index contributed by atoms with van der Waals surface area (Å²) in [5.74, 6) is 0. The highest BCUT2D eigenvalue weighted by atomic mass is 32.2. The summed E-state index contributed by atoms with van der Waals surface area (Å²) < 4.78 is 26.0. The summed E-state index contributed by atoms with van der Waals surface area (Å²) in [6, 6.07) is 0.188.